The van der Waals surface area contributed by atoms with Gasteiger partial charge in [0.05, 0.1) is 7.11 Å². The Bertz CT molecular complexity index is 814. The molecular formula is C18H15NO3. The molecule has 0 atom stereocenters. The van der Waals surface area contributed by atoms with Gasteiger partial charge in [-0.2, -0.15) is 0 Å². The minimum atomic E-state index is 0.393. The maximum absolute atomic E-state index is 10.9. The Morgan fingerprint density at radius 1 is 1.09 bits per heavy atom. The van der Waals surface area contributed by atoms with Crippen LogP contribution in [-0.2, 0) is 6.61 Å². The van der Waals surface area contributed by atoms with E-state index in [-0.39, 0.29) is 0 Å². The van der Waals surface area contributed by atoms with Crippen molar-refractivity contribution >= 4 is 17.2 Å². The highest BCUT2D eigenvalue weighted by atomic mass is 16.5. The molecule has 4 heteroatoms. The maximum atomic E-state index is 10.9. The zero-order valence-electron chi connectivity index (χ0n) is 12.2. The molecule has 1 heterocycles. The normalized spacial score (nSPS) is 10.4. The number of carbonyl (C=O) groups is 1. The number of fused-ring (bicyclic) bond motifs is 1. The lowest BCUT2D eigenvalue weighted by molar-refractivity contribution is 0.111. The van der Waals surface area contributed by atoms with Crippen molar-refractivity contribution in [3.63, 3.8) is 0 Å². The number of carbonyl (C=O) groups excluding carboxylic acids is 1. The van der Waals surface area contributed by atoms with Crippen molar-refractivity contribution in [1.29, 1.82) is 0 Å². The summed E-state index contributed by atoms with van der Waals surface area (Å²) in [5, 5.41) is 0.939. The molecule has 3 aromatic rings. The first-order valence-corrected chi connectivity index (χ1v) is 6.91. The molecule has 0 aliphatic rings. The standard InChI is InChI=1S/C18H15NO3/c1-21-16-6-2-4-13(10-16)12-22-17-7-3-5-14-8-9-15(11-20)19-18(14)17/h2-11H,12H2,1H3. The fraction of sp³-hybridized carbons (Fsp3) is 0.111. The first kappa shape index (κ1) is 14.1. The van der Waals surface area contributed by atoms with Crippen molar-refractivity contribution in [1.82, 2.24) is 4.98 Å². The van der Waals surface area contributed by atoms with Gasteiger partial charge in [0.1, 0.15) is 29.3 Å². The van der Waals surface area contributed by atoms with E-state index >= 15 is 0 Å². The highest BCUT2D eigenvalue weighted by Crippen LogP contribution is 2.25. The van der Waals surface area contributed by atoms with Gasteiger partial charge in [-0.25, -0.2) is 4.98 Å². The third-order valence-electron chi connectivity index (χ3n) is 3.35. The average molecular weight is 293 g/mol. The van der Waals surface area contributed by atoms with Gasteiger partial charge in [0, 0.05) is 5.39 Å². The minimum absolute atomic E-state index is 0.393. The molecule has 2 aromatic carbocycles. The van der Waals surface area contributed by atoms with Crippen molar-refractivity contribution in [3.8, 4) is 11.5 Å². The first-order valence-electron chi connectivity index (χ1n) is 6.91. The average Bonchev–Trinajstić information content (AvgIpc) is 2.59. The van der Waals surface area contributed by atoms with Crippen LogP contribution in [0.15, 0.2) is 54.6 Å². The number of para-hydroxylation sites is 1. The van der Waals surface area contributed by atoms with E-state index in [2.05, 4.69) is 4.98 Å². The third kappa shape index (κ3) is 2.91. The molecule has 22 heavy (non-hydrogen) atoms. The Balaban J connectivity index is 1.88. The Morgan fingerprint density at radius 2 is 1.95 bits per heavy atom. The van der Waals surface area contributed by atoms with Gasteiger partial charge in [-0.1, -0.05) is 30.3 Å². The van der Waals surface area contributed by atoms with Crippen LogP contribution in [0.5, 0.6) is 11.5 Å². The van der Waals surface area contributed by atoms with Gasteiger partial charge in [0.25, 0.3) is 0 Å². The predicted octanol–water partition coefficient (Wildman–Crippen LogP) is 3.63. The summed E-state index contributed by atoms with van der Waals surface area (Å²) >= 11 is 0. The molecular weight excluding hydrogens is 278 g/mol. The van der Waals surface area contributed by atoms with Crippen LogP contribution in [0.1, 0.15) is 16.1 Å². The van der Waals surface area contributed by atoms with Gasteiger partial charge >= 0.3 is 0 Å². The van der Waals surface area contributed by atoms with Crippen LogP contribution >= 0.6 is 0 Å². The number of methoxy groups -OCH3 is 1. The van der Waals surface area contributed by atoms with Crippen molar-refractivity contribution in [2.75, 3.05) is 7.11 Å². The third-order valence-corrected chi connectivity index (χ3v) is 3.35. The summed E-state index contributed by atoms with van der Waals surface area (Å²) in [6.07, 6.45) is 0.734. The van der Waals surface area contributed by atoms with Crippen LogP contribution in [-0.4, -0.2) is 18.4 Å². The number of nitrogens with zero attached hydrogens (tertiary/aromatic N) is 1. The second kappa shape index (κ2) is 6.26. The Kier molecular flexibility index (Phi) is 4.01. The molecule has 4 nitrogen and oxygen atoms in total. The Morgan fingerprint density at radius 3 is 2.77 bits per heavy atom. The van der Waals surface area contributed by atoms with E-state index in [4.69, 9.17) is 9.47 Å². The van der Waals surface area contributed by atoms with Crippen LogP contribution in [0.4, 0.5) is 0 Å². The molecule has 0 fully saturated rings. The van der Waals surface area contributed by atoms with E-state index in [9.17, 15) is 4.79 Å². The first-order chi connectivity index (χ1) is 10.8. The number of ether oxygens (including phenoxy) is 2. The molecule has 1 aromatic heterocycles. The van der Waals surface area contributed by atoms with Crippen molar-refractivity contribution in [2.45, 2.75) is 6.61 Å². The highest BCUT2D eigenvalue weighted by Gasteiger charge is 2.05. The zero-order valence-corrected chi connectivity index (χ0v) is 12.2. The number of hydrogen-bond acceptors (Lipinski definition) is 4. The molecule has 0 spiro atoms. The molecule has 0 bridgehead atoms. The predicted molar refractivity (Wildman–Crippen MR) is 84.5 cm³/mol. The summed E-state index contributed by atoms with van der Waals surface area (Å²) in [7, 11) is 1.63. The number of rotatable bonds is 5. The zero-order chi connectivity index (χ0) is 15.4. The van der Waals surface area contributed by atoms with Crippen molar-refractivity contribution < 1.29 is 14.3 Å². The van der Waals surface area contributed by atoms with E-state index in [0.717, 1.165) is 23.0 Å². The molecule has 0 saturated carbocycles. The summed E-state index contributed by atoms with van der Waals surface area (Å²) in [4.78, 5) is 15.2. The van der Waals surface area contributed by atoms with Gasteiger partial charge in [-0.05, 0) is 29.8 Å². The number of hydrogen-bond donors (Lipinski definition) is 0. The topological polar surface area (TPSA) is 48.4 Å². The molecule has 0 radical (unpaired) electrons. The summed E-state index contributed by atoms with van der Waals surface area (Å²) in [5.74, 6) is 1.45. The van der Waals surface area contributed by atoms with Crippen LogP contribution in [0.3, 0.4) is 0 Å². The largest absolute Gasteiger partial charge is 0.497 e. The molecule has 0 saturated heterocycles. The summed E-state index contributed by atoms with van der Waals surface area (Å²) in [6.45, 7) is 0.406. The smallest absolute Gasteiger partial charge is 0.168 e. The number of aromatic nitrogens is 1. The molecule has 0 amide bonds. The lowest BCUT2D eigenvalue weighted by Crippen LogP contribution is -1.98. The quantitative estimate of drug-likeness (QED) is 0.674. The summed E-state index contributed by atoms with van der Waals surface area (Å²) in [6, 6.07) is 17.0. The van der Waals surface area contributed by atoms with Crippen LogP contribution in [0.2, 0.25) is 0 Å². The number of benzene rings is 2. The molecule has 110 valence electrons. The fourth-order valence-corrected chi connectivity index (χ4v) is 2.24. The van der Waals surface area contributed by atoms with Crippen molar-refractivity contribution in [2.24, 2.45) is 0 Å². The Hall–Kier alpha value is -2.88. The van der Waals surface area contributed by atoms with Gasteiger partial charge in [-0.15, -0.1) is 0 Å². The van der Waals surface area contributed by atoms with Gasteiger partial charge in [-0.3, -0.25) is 4.79 Å². The molecule has 0 aliphatic carbocycles. The lowest BCUT2D eigenvalue weighted by atomic mass is 10.2. The van der Waals surface area contributed by atoms with Gasteiger partial charge in [0.2, 0.25) is 0 Å². The van der Waals surface area contributed by atoms with Gasteiger partial charge in [0.15, 0.2) is 6.29 Å². The second-order valence-corrected chi connectivity index (χ2v) is 4.82. The summed E-state index contributed by atoms with van der Waals surface area (Å²) in [5.41, 5.74) is 2.09. The van der Waals surface area contributed by atoms with E-state index in [1.54, 1.807) is 13.2 Å². The van der Waals surface area contributed by atoms with Crippen LogP contribution in [0, 0.1) is 0 Å². The molecule has 0 aliphatic heterocycles. The minimum Gasteiger partial charge on any atom is -0.497 e. The van der Waals surface area contributed by atoms with E-state index in [0.29, 0.717) is 23.6 Å². The summed E-state index contributed by atoms with van der Waals surface area (Å²) < 4.78 is 11.1. The molecule has 0 N–H and O–H groups in total. The van der Waals surface area contributed by atoms with E-state index < -0.39 is 0 Å². The van der Waals surface area contributed by atoms with Crippen molar-refractivity contribution in [3.05, 3.63) is 65.9 Å². The number of pyridine rings is 1. The SMILES string of the molecule is COc1cccc(COc2cccc3ccc(C=O)nc23)c1. The lowest BCUT2D eigenvalue weighted by Gasteiger charge is -2.10. The monoisotopic (exact) mass is 293 g/mol. The number of aldehydes is 1. The fourth-order valence-electron chi connectivity index (χ4n) is 2.24. The Labute approximate surface area is 128 Å². The molecule has 0 unspecified atom stereocenters. The van der Waals surface area contributed by atoms with Gasteiger partial charge < -0.3 is 9.47 Å². The van der Waals surface area contributed by atoms with Crippen LogP contribution in [0.25, 0.3) is 10.9 Å². The van der Waals surface area contributed by atoms with Crippen LogP contribution < -0.4 is 9.47 Å². The second-order valence-electron chi connectivity index (χ2n) is 4.82. The molecule has 3 rings (SSSR count). The van der Waals surface area contributed by atoms with E-state index in [1.807, 2.05) is 48.5 Å². The highest BCUT2D eigenvalue weighted by molar-refractivity contribution is 5.87. The maximum Gasteiger partial charge on any atom is 0.168 e. The van der Waals surface area contributed by atoms with E-state index in [1.165, 1.54) is 0 Å².